The normalized spacial score (nSPS) is 15.0. The van der Waals surface area contributed by atoms with Gasteiger partial charge in [-0.05, 0) is 36.8 Å². The summed E-state index contributed by atoms with van der Waals surface area (Å²) in [6.45, 7) is 1.84. The number of hydrogen-bond donors (Lipinski definition) is 2. The lowest BCUT2D eigenvalue weighted by molar-refractivity contribution is -0.113. The number of nitrogens with zero attached hydrogens (tertiary/aromatic N) is 3. The van der Waals surface area contributed by atoms with Gasteiger partial charge in [0.25, 0.3) is 5.91 Å². The van der Waals surface area contributed by atoms with Crippen molar-refractivity contribution in [2.75, 3.05) is 32.0 Å². The van der Waals surface area contributed by atoms with Gasteiger partial charge in [0.2, 0.25) is 5.95 Å². The van der Waals surface area contributed by atoms with Crippen molar-refractivity contribution in [1.82, 2.24) is 14.8 Å². The number of aromatic nitrogens is 3. The van der Waals surface area contributed by atoms with E-state index < -0.39 is 6.04 Å². The predicted octanol–water partition coefficient (Wildman–Crippen LogP) is 3.23. The highest BCUT2D eigenvalue weighted by molar-refractivity contribution is 6.06. The van der Waals surface area contributed by atoms with E-state index in [1.807, 2.05) is 31.2 Å². The zero-order chi connectivity index (χ0) is 22.0. The molecule has 0 saturated heterocycles. The summed E-state index contributed by atoms with van der Waals surface area (Å²) in [5.41, 5.74) is 2.51. The summed E-state index contributed by atoms with van der Waals surface area (Å²) in [6, 6.07) is 12.3. The number of nitrogens with one attached hydrogen (secondary N) is 2. The van der Waals surface area contributed by atoms with Crippen LogP contribution in [0.25, 0.3) is 0 Å². The molecule has 2 N–H and O–H groups in total. The summed E-state index contributed by atoms with van der Waals surface area (Å²) in [5.74, 6) is 2.07. The first kappa shape index (κ1) is 20.3. The van der Waals surface area contributed by atoms with Crippen LogP contribution in [0, 0.1) is 0 Å². The number of anilines is 2. The highest BCUT2D eigenvalue weighted by Gasteiger charge is 2.34. The molecule has 31 heavy (non-hydrogen) atoms. The Kier molecular flexibility index (Phi) is 5.48. The van der Waals surface area contributed by atoms with Gasteiger partial charge in [-0.1, -0.05) is 12.1 Å². The van der Waals surface area contributed by atoms with E-state index in [1.54, 1.807) is 44.2 Å². The summed E-state index contributed by atoms with van der Waals surface area (Å²) in [4.78, 5) is 17.8. The largest absolute Gasteiger partial charge is 0.497 e. The van der Waals surface area contributed by atoms with Crippen LogP contribution >= 0.6 is 0 Å². The summed E-state index contributed by atoms with van der Waals surface area (Å²) in [7, 11) is 4.72. The van der Waals surface area contributed by atoms with E-state index in [-0.39, 0.29) is 5.91 Å². The lowest BCUT2D eigenvalue weighted by atomic mass is 9.94. The molecule has 1 unspecified atom stereocenters. The second-order valence-electron chi connectivity index (χ2n) is 6.89. The summed E-state index contributed by atoms with van der Waals surface area (Å²) >= 11 is 0. The molecule has 1 aromatic heterocycles. The number of ether oxygens (including phenoxy) is 3. The Morgan fingerprint density at radius 3 is 2.58 bits per heavy atom. The maximum absolute atomic E-state index is 13.5. The van der Waals surface area contributed by atoms with Gasteiger partial charge >= 0.3 is 0 Å². The molecule has 1 atom stereocenters. The zero-order valence-electron chi connectivity index (χ0n) is 17.7. The smallest absolute Gasteiger partial charge is 0.255 e. The van der Waals surface area contributed by atoms with Gasteiger partial charge in [0.15, 0.2) is 0 Å². The maximum Gasteiger partial charge on any atom is 0.255 e. The van der Waals surface area contributed by atoms with Crippen LogP contribution in [0.15, 0.2) is 60.1 Å². The first-order chi connectivity index (χ1) is 15.0. The number of amides is 1. The average Bonchev–Trinajstić information content (AvgIpc) is 3.25. The molecular formula is C22H23N5O4. The minimum absolute atomic E-state index is 0.300. The Bertz CT molecular complexity index is 1150. The van der Waals surface area contributed by atoms with Crippen molar-refractivity contribution in [2.45, 2.75) is 13.0 Å². The molecule has 2 heterocycles. The minimum atomic E-state index is -0.495. The molecule has 0 bridgehead atoms. The molecule has 160 valence electrons. The van der Waals surface area contributed by atoms with Crippen molar-refractivity contribution in [3.8, 4) is 17.2 Å². The first-order valence-corrected chi connectivity index (χ1v) is 9.60. The summed E-state index contributed by atoms with van der Waals surface area (Å²) in [6.07, 6.45) is 1.45. The van der Waals surface area contributed by atoms with E-state index in [9.17, 15) is 4.79 Å². The van der Waals surface area contributed by atoms with Crippen molar-refractivity contribution in [1.29, 1.82) is 0 Å². The second-order valence-corrected chi connectivity index (χ2v) is 6.89. The van der Waals surface area contributed by atoms with Crippen LogP contribution in [-0.2, 0) is 4.79 Å². The number of benzene rings is 2. The van der Waals surface area contributed by atoms with Crippen molar-refractivity contribution in [3.05, 3.63) is 65.6 Å². The van der Waals surface area contributed by atoms with Gasteiger partial charge in [0, 0.05) is 11.8 Å². The Balaban J connectivity index is 1.77. The molecular weight excluding hydrogens is 398 g/mol. The Morgan fingerprint density at radius 2 is 1.84 bits per heavy atom. The number of carbonyl (C=O) groups is 1. The second kappa shape index (κ2) is 8.39. The van der Waals surface area contributed by atoms with Crippen molar-refractivity contribution in [2.24, 2.45) is 0 Å². The zero-order valence-corrected chi connectivity index (χ0v) is 17.7. The molecule has 0 fully saturated rings. The monoisotopic (exact) mass is 421 g/mol. The fourth-order valence-electron chi connectivity index (χ4n) is 3.61. The van der Waals surface area contributed by atoms with E-state index >= 15 is 0 Å². The average molecular weight is 421 g/mol. The molecule has 4 rings (SSSR count). The quantitative estimate of drug-likeness (QED) is 0.630. The standard InChI is InChI=1S/C22H23N5O4/c1-13-19(21(28)26-17-11-16(30-3)8-9-18(17)31-4)20(27-22(25-13)23-12-24-27)14-6-5-7-15(10-14)29-2/h5-12,20H,1-4H3,(H,26,28)(H,23,24,25). The van der Waals surface area contributed by atoms with Gasteiger partial charge in [0.1, 0.15) is 29.6 Å². The number of fused-ring (bicyclic) bond motifs is 1. The van der Waals surface area contributed by atoms with Crippen LogP contribution in [0.5, 0.6) is 17.2 Å². The predicted molar refractivity (Wildman–Crippen MR) is 116 cm³/mol. The molecule has 0 radical (unpaired) electrons. The van der Waals surface area contributed by atoms with Gasteiger partial charge in [-0.3, -0.25) is 4.79 Å². The minimum Gasteiger partial charge on any atom is -0.497 e. The molecule has 0 saturated carbocycles. The van der Waals surface area contributed by atoms with Crippen molar-refractivity contribution < 1.29 is 19.0 Å². The van der Waals surface area contributed by atoms with E-state index in [0.717, 1.165) is 5.56 Å². The molecule has 0 spiro atoms. The van der Waals surface area contributed by atoms with Gasteiger partial charge in [-0.2, -0.15) is 10.1 Å². The molecule has 2 aromatic carbocycles. The third-order valence-corrected chi connectivity index (χ3v) is 5.10. The SMILES string of the molecule is COc1cccc(C2C(C(=O)Nc3cc(OC)ccc3OC)=C(C)Nc3ncnn32)c1. The lowest BCUT2D eigenvalue weighted by Gasteiger charge is -2.29. The van der Waals surface area contributed by atoms with Crippen LogP contribution < -0.4 is 24.8 Å². The molecule has 1 aliphatic heterocycles. The number of hydrogen-bond acceptors (Lipinski definition) is 7. The molecule has 1 amide bonds. The van der Waals surface area contributed by atoms with Crippen LogP contribution in [-0.4, -0.2) is 42.0 Å². The molecule has 0 aliphatic carbocycles. The van der Waals surface area contributed by atoms with Crippen LogP contribution in [0.2, 0.25) is 0 Å². The van der Waals surface area contributed by atoms with Crippen LogP contribution in [0.4, 0.5) is 11.6 Å². The molecule has 3 aromatic rings. The number of methoxy groups -OCH3 is 3. The van der Waals surface area contributed by atoms with E-state index in [1.165, 1.54) is 6.33 Å². The molecule has 9 nitrogen and oxygen atoms in total. The van der Waals surface area contributed by atoms with Crippen LogP contribution in [0.3, 0.4) is 0 Å². The van der Waals surface area contributed by atoms with Gasteiger partial charge < -0.3 is 24.8 Å². The van der Waals surface area contributed by atoms with E-state index in [2.05, 4.69) is 20.7 Å². The van der Waals surface area contributed by atoms with Gasteiger partial charge in [-0.25, -0.2) is 4.68 Å². The number of rotatable bonds is 6. The van der Waals surface area contributed by atoms with E-state index in [0.29, 0.717) is 40.2 Å². The molecule has 9 heteroatoms. The summed E-state index contributed by atoms with van der Waals surface area (Å²) in [5, 5.41) is 10.5. The third-order valence-electron chi connectivity index (χ3n) is 5.10. The van der Waals surface area contributed by atoms with Gasteiger partial charge in [0.05, 0.1) is 32.6 Å². The van der Waals surface area contributed by atoms with E-state index in [4.69, 9.17) is 14.2 Å². The fourth-order valence-corrected chi connectivity index (χ4v) is 3.61. The Morgan fingerprint density at radius 1 is 1.06 bits per heavy atom. The maximum atomic E-state index is 13.5. The Hall–Kier alpha value is -4.01. The fraction of sp³-hybridized carbons (Fsp3) is 0.227. The number of allylic oxidation sites excluding steroid dienone is 1. The van der Waals surface area contributed by atoms with Gasteiger partial charge in [-0.15, -0.1) is 0 Å². The summed E-state index contributed by atoms with van der Waals surface area (Å²) < 4.78 is 17.7. The first-order valence-electron chi connectivity index (χ1n) is 9.60. The molecule has 1 aliphatic rings. The highest BCUT2D eigenvalue weighted by Crippen LogP contribution is 2.37. The third kappa shape index (κ3) is 3.77. The topological polar surface area (TPSA) is 99.5 Å². The number of carbonyl (C=O) groups excluding carboxylic acids is 1. The highest BCUT2D eigenvalue weighted by atomic mass is 16.5. The van der Waals surface area contributed by atoms with Crippen molar-refractivity contribution in [3.63, 3.8) is 0 Å². The Labute approximate surface area is 179 Å². The van der Waals surface area contributed by atoms with Crippen molar-refractivity contribution >= 4 is 17.5 Å². The lowest BCUT2D eigenvalue weighted by Crippen LogP contribution is -2.31. The van der Waals surface area contributed by atoms with Crippen LogP contribution in [0.1, 0.15) is 18.5 Å².